The normalized spacial score (nSPS) is 11.7. The molecule has 0 bridgehead atoms. The number of para-hydroxylation sites is 1. The van der Waals surface area contributed by atoms with E-state index in [-0.39, 0.29) is 11.4 Å². The van der Waals surface area contributed by atoms with Crippen LogP contribution in [0, 0.1) is 12.3 Å². The van der Waals surface area contributed by atoms with Crippen LogP contribution in [-0.2, 0) is 5.41 Å². The molecule has 2 aromatic heterocycles. The Bertz CT molecular complexity index is 1820. The molecule has 0 fully saturated rings. The molecule has 10 heteroatoms. The minimum Gasteiger partial charge on any atom is -0.392 e. The number of aromatic nitrogens is 4. The van der Waals surface area contributed by atoms with Crippen molar-refractivity contribution in [2.24, 2.45) is 0 Å². The first-order valence-corrected chi connectivity index (χ1v) is 13.9. The van der Waals surface area contributed by atoms with Crippen molar-refractivity contribution in [1.82, 2.24) is 25.1 Å². The summed E-state index contributed by atoms with van der Waals surface area (Å²) < 4.78 is 1.75. The van der Waals surface area contributed by atoms with Gasteiger partial charge >= 0.3 is 6.03 Å². The largest absolute Gasteiger partial charge is 0.392 e. The van der Waals surface area contributed by atoms with E-state index in [0.29, 0.717) is 23.2 Å². The van der Waals surface area contributed by atoms with Crippen molar-refractivity contribution in [3.8, 4) is 16.8 Å². The maximum absolute atomic E-state index is 13.2. The van der Waals surface area contributed by atoms with E-state index in [2.05, 4.69) is 52.0 Å². The molecular weight excluding hydrogens is 538 g/mol. The van der Waals surface area contributed by atoms with Crippen molar-refractivity contribution in [3.63, 3.8) is 0 Å². The van der Waals surface area contributed by atoms with Gasteiger partial charge in [-0.15, -0.1) is 0 Å². The number of hydrogen-bond acceptors (Lipinski definition) is 7. The Morgan fingerprint density at radius 1 is 0.953 bits per heavy atom. The highest BCUT2D eigenvalue weighted by Crippen LogP contribution is 2.30. The van der Waals surface area contributed by atoms with Gasteiger partial charge in [0.2, 0.25) is 5.95 Å². The lowest BCUT2D eigenvalue weighted by Crippen LogP contribution is -2.21. The van der Waals surface area contributed by atoms with Gasteiger partial charge in [0, 0.05) is 48.2 Å². The van der Waals surface area contributed by atoms with Crippen LogP contribution >= 0.6 is 0 Å². The van der Waals surface area contributed by atoms with Gasteiger partial charge in [-0.3, -0.25) is 5.32 Å². The molecule has 3 aromatic carbocycles. The molecule has 218 valence electrons. The standard InChI is InChI=1S/C33H35N9O/c1-21-11-13-24(38-32(43)40-30-17-29(33(2,3)4)41-42(30)26-9-7-6-8-10-26)16-27(21)22-12-14-28-23(15-22)19-36-31(39-28)37-25(18-34)20-35-5/h6-20,34-35H,1-5H3,(H,36,37,39)(H2,38,40,43)/b25-20+,34-18?. The monoisotopic (exact) mass is 573 g/mol. The summed E-state index contributed by atoms with van der Waals surface area (Å²) in [6.45, 7) is 8.31. The average molecular weight is 574 g/mol. The molecule has 0 aliphatic heterocycles. The number of carbonyl (C=O) groups excluding carboxylic acids is 1. The van der Waals surface area contributed by atoms with Crippen molar-refractivity contribution >= 4 is 40.6 Å². The Hall–Kier alpha value is -5.51. The summed E-state index contributed by atoms with van der Waals surface area (Å²) in [5.41, 5.74) is 6.54. The number of fused-ring (bicyclic) bond motifs is 1. The first kappa shape index (κ1) is 29.0. The molecule has 0 radical (unpaired) electrons. The second kappa shape index (κ2) is 12.2. The van der Waals surface area contributed by atoms with Crippen molar-refractivity contribution in [1.29, 1.82) is 5.41 Å². The van der Waals surface area contributed by atoms with Crippen LogP contribution in [0.3, 0.4) is 0 Å². The van der Waals surface area contributed by atoms with Crippen molar-refractivity contribution in [2.45, 2.75) is 33.1 Å². The summed E-state index contributed by atoms with van der Waals surface area (Å²) in [7, 11) is 1.76. The van der Waals surface area contributed by atoms with Gasteiger partial charge in [0.25, 0.3) is 0 Å². The molecule has 0 saturated carbocycles. The molecule has 0 unspecified atom stereocenters. The molecule has 5 N–H and O–H groups in total. The van der Waals surface area contributed by atoms with Gasteiger partial charge in [0.05, 0.1) is 22.6 Å². The van der Waals surface area contributed by atoms with Gasteiger partial charge in [0.1, 0.15) is 5.82 Å². The van der Waals surface area contributed by atoms with Gasteiger partial charge in [0.15, 0.2) is 0 Å². The van der Waals surface area contributed by atoms with Crippen LogP contribution in [0.15, 0.2) is 90.9 Å². The van der Waals surface area contributed by atoms with Gasteiger partial charge in [-0.25, -0.2) is 19.4 Å². The molecule has 43 heavy (non-hydrogen) atoms. The Labute approximate surface area is 250 Å². The van der Waals surface area contributed by atoms with Gasteiger partial charge < -0.3 is 21.4 Å². The maximum Gasteiger partial charge on any atom is 0.324 e. The summed E-state index contributed by atoms with van der Waals surface area (Å²) in [6.07, 6.45) is 4.61. The van der Waals surface area contributed by atoms with E-state index in [1.165, 1.54) is 6.21 Å². The van der Waals surface area contributed by atoms with E-state index in [4.69, 9.17) is 10.5 Å². The summed E-state index contributed by atoms with van der Waals surface area (Å²) in [4.78, 5) is 22.2. The van der Waals surface area contributed by atoms with Crippen LogP contribution in [0.2, 0.25) is 0 Å². The van der Waals surface area contributed by atoms with Crippen LogP contribution in [0.5, 0.6) is 0 Å². The first-order valence-electron chi connectivity index (χ1n) is 13.9. The lowest BCUT2D eigenvalue weighted by atomic mass is 9.92. The minimum absolute atomic E-state index is 0.186. The van der Waals surface area contributed by atoms with Gasteiger partial charge in [-0.05, 0) is 60.0 Å². The molecule has 0 atom stereocenters. The SMILES string of the molecule is CN/C=C(\C=N)Nc1ncc2cc(-c3cc(NC(=O)Nc4cc(C(C)(C)C)nn4-c4ccccc4)ccc3C)ccc2n1. The number of anilines is 3. The van der Waals surface area contributed by atoms with Crippen LogP contribution < -0.4 is 21.3 Å². The van der Waals surface area contributed by atoms with Gasteiger partial charge in [-0.2, -0.15) is 5.10 Å². The number of amides is 2. The number of aryl methyl sites for hydroxylation is 1. The minimum atomic E-state index is -0.365. The number of carbonyl (C=O) groups is 1. The smallest absolute Gasteiger partial charge is 0.324 e. The number of hydrogen-bond donors (Lipinski definition) is 5. The van der Waals surface area contributed by atoms with Gasteiger partial charge in [-0.1, -0.05) is 51.1 Å². The van der Waals surface area contributed by atoms with E-state index < -0.39 is 0 Å². The van der Waals surface area contributed by atoms with E-state index in [9.17, 15) is 4.79 Å². The second-order valence-corrected chi connectivity index (χ2v) is 11.1. The first-order chi connectivity index (χ1) is 20.6. The third-order valence-corrected chi connectivity index (χ3v) is 6.82. The Morgan fingerprint density at radius 2 is 1.74 bits per heavy atom. The Kier molecular flexibility index (Phi) is 8.20. The number of benzene rings is 3. The highest BCUT2D eigenvalue weighted by atomic mass is 16.2. The number of allylic oxidation sites excluding steroid dienone is 1. The molecule has 10 nitrogen and oxygen atoms in total. The highest BCUT2D eigenvalue weighted by Gasteiger charge is 2.21. The topological polar surface area (TPSA) is 133 Å². The zero-order valence-electron chi connectivity index (χ0n) is 24.9. The predicted octanol–water partition coefficient (Wildman–Crippen LogP) is 6.85. The number of urea groups is 1. The van der Waals surface area contributed by atoms with E-state index >= 15 is 0 Å². The lowest BCUT2D eigenvalue weighted by molar-refractivity contribution is 0.262. The van der Waals surface area contributed by atoms with Crippen LogP contribution in [-0.4, -0.2) is 39.0 Å². The zero-order chi connectivity index (χ0) is 30.6. The average Bonchev–Trinajstić information content (AvgIpc) is 3.42. The van der Waals surface area contributed by atoms with Crippen molar-refractivity contribution in [2.75, 3.05) is 23.0 Å². The second-order valence-electron chi connectivity index (χ2n) is 11.1. The molecule has 0 saturated heterocycles. The van der Waals surface area contributed by atoms with E-state index in [1.807, 2.05) is 79.7 Å². The van der Waals surface area contributed by atoms with E-state index in [1.54, 1.807) is 24.1 Å². The third-order valence-electron chi connectivity index (χ3n) is 6.82. The molecule has 5 aromatic rings. The van der Waals surface area contributed by atoms with Crippen molar-refractivity contribution < 1.29 is 4.79 Å². The number of nitrogens with zero attached hydrogens (tertiary/aromatic N) is 4. The zero-order valence-corrected chi connectivity index (χ0v) is 24.9. The fourth-order valence-electron chi connectivity index (χ4n) is 4.55. The van der Waals surface area contributed by atoms with Crippen molar-refractivity contribution in [3.05, 3.63) is 102 Å². The summed E-state index contributed by atoms with van der Waals surface area (Å²) in [6, 6.07) is 23.1. The molecule has 0 spiro atoms. The summed E-state index contributed by atoms with van der Waals surface area (Å²) in [5, 5.41) is 25.0. The fraction of sp³-hybridized carbons (Fsp3) is 0.182. The molecule has 0 aliphatic rings. The van der Waals surface area contributed by atoms with E-state index in [0.717, 1.165) is 39.0 Å². The van der Waals surface area contributed by atoms with Crippen LogP contribution in [0.1, 0.15) is 32.0 Å². The summed E-state index contributed by atoms with van der Waals surface area (Å²) >= 11 is 0. The third kappa shape index (κ3) is 6.70. The number of rotatable bonds is 8. The summed E-state index contributed by atoms with van der Waals surface area (Å²) in [5.74, 6) is 0.986. The highest BCUT2D eigenvalue weighted by molar-refractivity contribution is 6.00. The Morgan fingerprint density at radius 3 is 2.47 bits per heavy atom. The van der Waals surface area contributed by atoms with Crippen LogP contribution in [0.25, 0.3) is 27.7 Å². The molecule has 0 aliphatic carbocycles. The molecule has 2 heterocycles. The number of nitrogens with one attached hydrogen (secondary N) is 5. The predicted molar refractivity (Wildman–Crippen MR) is 174 cm³/mol. The molecule has 5 rings (SSSR count). The Balaban J connectivity index is 1.37. The lowest BCUT2D eigenvalue weighted by Gasteiger charge is -2.14. The quantitative estimate of drug-likeness (QED) is 0.129. The maximum atomic E-state index is 13.2. The van der Waals surface area contributed by atoms with Crippen LogP contribution in [0.4, 0.5) is 22.2 Å². The molecule has 2 amide bonds. The fourth-order valence-corrected chi connectivity index (χ4v) is 4.55. The molecular formula is C33H35N9O.